The van der Waals surface area contributed by atoms with Gasteiger partial charge in [0.1, 0.15) is 16.7 Å². The van der Waals surface area contributed by atoms with Gasteiger partial charge >= 0.3 is 0 Å². The van der Waals surface area contributed by atoms with Crippen LogP contribution in [0, 0.1) is 24.4 Å². The Kier molecular flexibility index (Phi) is 4.44. The summed E-state index contributed by atoms with van der Waals surface area (Å²) in [5.41, 5.74) is -0.295. The minimum atomic E-state index is -1.12. The predicted octanol–water partition coefficient (Wildman–Crippen LogP) is 5.51. The Hall–Kier alpha value is -2.20. The van der Waals surface area contributed by atoms with Crippen molar-refractivity contribution in [2.75, 3.05) is 0 Å². The van der Waals surface area contributed by atoms with E-state index in [2.05, 4.69) is 0 Å². The maximum atomic E-state index is 14.5. The van der Waals surface area contributed by atoms with Crippen LogP contribution in [0.3, 0.4) is 0 Å². The largest absolute Gasteiger partial charge is 0.214 e. The lowest BCUT2D eigenvalue weighted by atomic mass is 10.2. The molecule has 23 heavy (non-hydrogen) atoms. The summed E-state index contributed by atoms with van der Waals surface area (Å²) in [7, 11) is -0.910. The molecule has 116 valence electrons. The first-order chi connectivity index (χ1) is 11.1. The van der Waals surface area contributed by atoms with E-state index in [1.807, 2.05) is 60.7 Å². The van der Waals surface area contributed by atoms with Crippen LogP contribution in [-0.4, -0.2) is 0 Å². The first-order valence-electron chi connectivity index (χ1n) is 7.08. The van der Waals surface area contributed by atoms with Crippen LogP contribution in [-0.2, 0) is 10.9 Å². The lowest BCUT2D eigenvalue weighted by Crippen LogP contribution is -2.10. The second kappa shape index (κ2) is 6.50. The van der Waals surface area contributed by atoms with E-state index >= 15 is 0 Å². The van der Waals surface area contributed by atoms with E-state index in [1.165, 1.54) is 6.92 Å². The Morgan fingerprint density at radius 3 is 1.65 bits per heavy atom. The molecule has 0 N–H and O–H groups in total. The molecule has 4 heteroatoms. The number of hydrogen-bond acceptors (Lipinski definition) is 0. The number of rotatable bonds is 3. The SMILES string of the molecule is Cc1c(F)cc([S+](c2ccccc2)c2ccccc2)c(F)c1F. The summed E-state index contributed by atoms with van der Waals surface area (Å²) in [6.07, 6.45) is 0. The molecule has 3 aromatic rings. The zero-order valence-corrected chi connectivity index (χ0v) is 13.2. The molecule has 0 aliphatic heterocycles. The summed E-state index contributed by atoms with van der Waals surface area (Å²) < 4.78 is 42.6. The van der Waals surface area contributed by atoms with Crippen molar-refractivity contribution in [1.29, 1.82) is 0 Å². The van der Waals surface area contributed by atoms with Crippen molar-refractivity contribution >= 4 is 10.9 Å². The van der Waals surface area contributed by atoms with Gasteiger partial charge in [-0.2, -0.15) is 4.39 Å². The van der Waals surface area contributed by atoms with Crippen LogP contribution in [0.1, 0.15) is 5.56 Å². The van der Waals surface area contributed by atoms with Gasteiger partial charge in [-0.3, -0.25) is 0 Å². The van der Waals surface area contributed by atoms with Crippen LogP contribution >= 0.6 is 0 Å². The van der Waals surface area contributed by atoms with Gasteiger partial charge in [0.15, 0.2) is 15.6 Å². The van der Waals surface area contributed by atoms with Gasteiger partial charge in [-0.25, -0.2) is 8.78 Å². The maximum absolute atomic E-state index is 14.5. The average molecular weight is 331 g/mol. The molecule has 0 nitrogen and oxygen atoms in total. The summed E-state index contributed by atoms with van der Waals surface area (Å²) in [6.45, 7) is 1.24. The molecule has 0 atom stereocenters. The predicted molar refractivity (Wildman–Crippen MR) is 86.1 cm³/mol. The molecule has 0 radical (unpaired) electrons. The van der Waals surface area contributed by atoms with Crippen LogP contribution < -0.4 is 0 Å². The fourth-order valence-electron chi connectivity index (χ4n) is 2.32. The summed E-state index contributed by atoms with van der Waals surface area (Å²) in [5.74, 6) is -2.84. The maximum Gasteiger partial charge on any atom is 0.214 e. The normalized spacial score (nSPS) is 11.0. The third-order valence-corrected chi connectivity index (χ3v) is 5.76. The zero-order valence-electron chi connectivity index (χ0n) is 12.4. The standard InChI is InChI=1S/C19H14F3S/c1-13-16(20)12-17(19(22)18(13)21)23(14-8-4-2-5-9-14)15-10-6-3-7-11-15/h2-12H,1H3/q+1. The van der Waals surface area contributed by atoms with Crippen LogP contribution in [0.25, 0.3) is 0 Å². The first-order valence-corrected chi connectivity index (χ1v) is 8.30. The first kappa shape index (κ1) is 15.7. The van der Waals surface area contributed by atoms with Gasteiger partial charge < -0.3 is 0 Å². The second-order valence-corrected chi connectivity index (χ2v) is 7.04. The highest BCUT2D eigenvalue weighted by Crippen LogP contribution is 2.34. The van der Waals surface area contributed by atoms with Gasteiger partial charge in [0, 0.05) is 11.6 Å². The van der Waals surface area contributed by atoms with Crippen molar-refractivity contribution in [1.82, 2.24) is 0 Å². The van der Waals surface area contributed by atoms with Gasteiger partial charge in [0.25, 0.3) is 0 Å². The highest BCUT2D eigenvalue weighted by molar-refractivity contribution is 7.97. The Labute approximate surface area is 135 Å². The quantitative estimate of drug-likeness (QED) is 0.439. The van der Waals surface area contributed by atoms with Crippen LogP contribution in [0.5, 0.6) is 0 Å². The molecule has 0 fully saturated rings. The van der Waals surface area contributed by atoms with Gasteiger partial charge in [-0.1, -0.05) is 36.4 Å². The van der Waals surface area contributed by atoms with Crippen molar-refractivity contribution in [2.24, 2.45) is 0 Å². The molecule has 0 unspecified atom stereocenters. The molecule has 0 aliphatic carbocycles. The molecular weight excluding hydrogens is 317 g/mol. The van der Waals surface area contributed by atoms with Crippen LogP contribution in [0.4, 0.5) is 13.2 Å². The zero-order chi connectivity index (χ0) is 16.4. The minimum Gasteiger partial charge on any atom is -0.206 e. The van der Waals surface area contributed by atoms with Gasteiger partial charge in [-0.05, 0) is 31.2 Å². The Balaban J connectivity index is 2.26. The molecule has 0 aliphatic rings. The molecule has 0 bridgehead atoms. The molecule has 0 amide bonds. The lowest BCUT2D eigenvalue weighted by Gasteiger charge is -2.10. The molecule has 0 aromatic heterocycles. The summed E-state index contributed by atoms with van der Waals surface area (Å²) in [5, 5.41) is 0. The second-order valence-electron chi connectivity index (χ2n) is 5.04. The van der Waals surface area contributed by atoms with Gasteiger partial charge in [0.2, 0.25) is 10.7 Å². The molecule has 0 saturated heterocycles. The highest BCUT2D eigenvalue weighted by Gasteiger charge is 2.34. The smallest absolute Gasteiger partial charge is 0.206 e. The van der Waals surface area contributed by atoms with E-state index in [0.717, 1.165) is 15.9 Å². The molecule has 0 heterocycles. The Morgan fingerprint density at radius 2 is 1.17 bits per heavy atom. The monoisotopic (exact) mass is 331 g/mol. The summed E-state index contributed by atoms with van der Waals surface area (Å²) in [4.78, 5) is 1.64. The van der Waals surface area contributed by atoms with Crippen LogP contribution in [0.2, 0.25) is 0 Å². The minimum absolute atomic E-state index is 0.0306. The van der Waals surface area contributed by atoms with E-state index in [-0.39, 0.29) is 10.5 Å². The molecule has 0 saturated carbocycles. The molecular formula is C19H14F3S+. The molecule has 3 aromatic carbocycles. The summed E-state index contributed by atoms with van der Waals surface area (Å²) in [6, 6.07) is 19.5. The van der Waals surface area contributed by atoms with Gasteiger partial charge in [-0.15, -0.1) is 0 Å². The number of halogens is 3. The van der Waals surface area contributed by atoms with E-state index in [1.54, 1.807) is 0 Å². The fourth-order valence-corrected chi connectivity index (χ4v) is 4.44. The van der Waals surface area contributed by atoms with Crippen LogP contribution in [0.15, 0.2) is 81.4 Å². The molecule has 0 spiro atoms. The van der Waals surface area contributed by atoms with Crippen molar-refractivity contribution in [2.45, 2.75) is 21.6 Å². The van der Waals surface area contributed by atoms with Crippen molar-refractivity contribution in [3.05, 3.63) is 89.7 Å². The third-order valence-electron chi connectivity index (χ3n) is 3.53. The van der Waals surface area contributed by atoms with E-state index < -0.39 is 28.3 Å². The highest BCUT2D eigenvalue weighted by atomic mass is 32.2. The van der Waals surface area contributed by atoms with Gasteiger partial charge in [0.05, 0.1) is 0 Å². The Morgan fingerprint density at radius 1 is 0.696 bits per heavy atom. The van der Waals surface area contributed by atoms with Crippen molar-refractivity contribution < 1.29 is 13.2 Å². The number of hydrogen-bond donors (Lipinski definition) is 0. The third kappa shape index (κ3) is 2.99. The summed E-state index contributed by atoms with van der Waals surface area (Å²) >= 11 is 0. The lowest BCUT2D eigenvalue weighted by molar-refractivity contribution is 0.468. The van der Waals surface area contributed by atoms with E-state index in [0.29, 0.717) is 0 Å². The van der Waals surface area contributed by atoms with E-state index in [4.69, 9.17) is 0 Å². The van der Waals surface area contributed by atoms with Crippen molar-refractivity contribution in [3.8, 4) is 0 Å². The fraction of sp³-hybridized carbons (Fsp3) is 0.0526. The number of benzene rings is 3. The van der Waals surface area contributed by atoms with Crippen molar-refractivity contribution in [3.63, 3.8) is 0 Å². The topological polar surface area (TPSA) is 0 Å². The van der Waals surface area contributed by atoms with E-state index in [9.17, 15) is 13.2 Å². The molecule has 3 rings (SSSR count). The average Bonchev–Trinajstić information content (AvgIpc) is 2.60. The Bertz CT molecular complexity index is 778.